The van der Waals surface area contributed by atoms with E-state index in [4.69, 9.17) is 9.52 Å². The third-order valence-corrected chi connectivity index (χ3v) is 6.71. The third-order valence-electron chi connectivity index (χ3n) is 6.71. The maximum atomic E-state index is 13.6. The van der Waals surface area contributed by atoms with Crippen LogP contribution in [0.3, 0.4) is 0 Å². The molecule has 2 aromatic heterocycles. The summed E-state index contributed by atoms with van der Waals surface area (Å²) in [6.07, 6.45) is 1.77. The molecule has 1 N–H and O–H groups in total. The number of hydrogen-bond acceptors (Lipinski definition) is 5. The van der Waals surface area contributed by atoms with Gasteiger partial charge in [0.15, 0.2) is 5.76 Å². The van der Waals surface area contributed by atoms with Gasteiger partial charge >= 0.3 is 0 Å². The van der Waals surface area contributed by atoms with Crippen LogP contribution in [0.1, 0.15) is 27.2 Å². The second-order valence-electron chi connectivity index (χ2n) is 9.47. The van der Waals surface area contributed by atoms with Crippen LogP contribution in [-0.2, 0) is 4.79 Å². The summed E-state index contributed by atoms with van der Waals surface area (Å²) in [5, 5.41) is 7.75. The third kappa shape index (κ3) is 5.34. The van der Waals surface area contributed by atoms with E-state index in [0.29, 0.717) is 49.7 Å². The molecule has 37 heavy (non-hydrogen) atoms. The Morgan fingerprint density at radius 2 is 1.59 bits per heavy atom. The van der Waals surface area contributed by atoms with E-state index >= 15 is 0 Å². The molecule has 0 atom stereocenters. The van der Waals surface area contributed by atoms with Crippen molar-refractivity contribution in [3.63, 3.8) is 0 Å². The van der Waals surface area contributed by atoms with Crippen molar-refractivity contribution in [2.45, 2.75) is 20.8 Å². The number of aryl methyl sites for hydroxylation is 3. The number of carbonyl (C=O) groups excluding carboxylic acids is 2. The Morgan fingerprint density at radius 1 is 0.892 bits per heavy atom. The number of furan rings is 1. The van der Waals surface area contributed by atoms with E-state index in [2.05, 4.69) is 10.2 Å². The van der Waals surface area contributed by atoms with Crippen molar-refractivity contribution in [1.29, 1.82) is 0 Å². The molecule has 3 heterocycles. The molecule has 2 aromatic carbocycles. The molecule has 0 aliphatic carbocycles. The first kappa shape index (κ1) is 24.5. The van der Waals surface area contributed by atoms with Crippen LogP contribution in [0.15, 0.2) is 71.3 Å². The van der Waals surface area contributed by atoms with Gasteiger partial charge in [0, 0.05) is 38.1 Å². The van der Waals surface area contributed by atoms with Crippen LogP contribution >= 0.6 is 0 Å². The lowest BCUT2D eigenvalue weighted by atomic mass is 10.1. The van der Waals surface area contributed by atoms with Crippen LogP contribution in [0.5, 0.6) is 0 Å². The van der Waals surface area contributed by atoms with E-state index in [9.17, 15) is 9.59 Å². The van der Waals surface area contributed by atoms with Gasteiger partial charge in [0.2, 0.25) is 5.91 Å². The van der Waals surface area contributed by atoms with Crippen LogP contribution in [0.4, 0.5) is 5.69 Å². The molecule has 1 saturated heterocycles. The molecule has 1 aliphatic rings. The molecule has 8 heteroatoms. The van der Waals surface area contributed by atoms with Gasteiger partial charge in [0.05, 0.1) is 17.8 Å². The lowest BCUT2D eigenvalue weighted by molar-refractivity contribution is -0.117. The molecular formula is C29H31N5O3. The molecule has 4 aromatic rings. The first-order valence-electron chi connectivity index (χ1n) is 12.5. The summed E-state index contributed by atoms with van der Waals surface area (Å²) in [6, 6.07) is 19.4. The van der Waals surface area contributed by atoms with Gasteiger partial charge in [-0.05, 0) is 56.2 Å². The van der Waals surface area contributed by atoms with Crippen molar-refractivity contribution >= 4 is 17.5 Å². The van der Waals surface area contributed by atoms with Crippen molar-refractivity contribution in [2.75, 3.05) is 38.0 Å². The summed E-state index contributed by atoms with van der Waals surface area (Å²) < 4.78 is 7.54. The highest BCUT2D eigenvalue weighted by molar-refractivity contribution is 5.99. The zero-order chi connectivity index (χ0) is 25.9. The highest BCUT2D eigenvalue weighted by atomic mass is 16.3. The number of nitrogens with zero attached hydrogens (tertiary/aromatic N) is 4. The predicted octanol–water partition coefficient (Wildman–Crippen LogP) is 4.45. The fraction of sp³-hybridized carbons (Fsp3) is 0.276. The van der Waals surface area contributed by atoms with Crippen LogP contribution in [0.25, 0.3) is 17.1 Å². The Kier molecular flexibility index (Phi) is 6.92. The number of carbonyl (C=O) groups is 2. The number of amides is 2. The lowest BCUT2D eigenvalue weighted by Crippen LogP contribution is -2.50. The van der Waals surface area contributed by atoms with Gasteiger partial charge in [-0.3, -0.25) is 14.5 Å². The molecular weight excluding hydrogens is 466 g/mol. The van der Waals surface area contributed by atoms with E-state index in [1.165, 1.54) is 0 Å². The number of hydrogen-bond donors (Lipinski definition) is 1. The first-order valence-corrected chi connectivity index (χ1v) is 12.5. The molecule has 0 radical (unpaired) electrons. The molecule has 0 saturated carbocycles. The second kappa shape index (κ2) is 10.4. The molecule has 0 unspecified atom stereocenters. The van der Waals surface area contributed by atoms with E-state index in [1.807, 2.05) is 86.3 Å². The van der Waals surface area contributed by atoms with E-state index in [0.717, 1.165) is 28.3 Å². The van der Waals surface area contributed by atoms with E-state index < -0.39 is 0 Å². The number of nitrogens with one attached hydrogen (secondary N) is 1. The summed E-state index contributed by atoms with van der Waals surface area (Å²) in [5.41, 5.74) is 4.85. The van der Waals surface area contributed by atoms with Crippen molar-refractivity contribution in [1.82, 2.24) is 19.6 Å². The Labute approximate surface area is 216 Å². The van der Waals surface area contributed by atoms with Crippen molar-refractivity contribution in [3.05, 3.63) is 89.3 Å². The molecule has 190 valence electrons. The van der Waals surface area contributed by atoms with Crippen LogP contribution in [0.2, 0.25) is 0 Å². The van der Waals surface area contributed by atoms with E-state index in [-0.39, 0.29) is 11.8 Å². The normalized spacial score (nSPS) is 14.1. The van der Waals surface area contributed by atoms with E-state index in [1.54, 1.807) is 10.9 Å². The molecule has 1 aliphatic heterocycles. The Bertz CT molecular complexity index is 1390. The van der Waals surface area contributed by atoms with Crippen LogP contribution in [-0.4, -0.2) is 64.1 Å². The molecule has 8 nitrogen and oxygen atoms in total. The lowest BCUT2D eigenvalue weighted by Gasteiger charge is -2.34. The topological polar surface area (TPSA) is 83.6 Å². The summed E-state index contributed by atoms with van der Waals surface area (Å²) in [4.78, 5) is 30.2. The summed E-state index contributed by atoms with van der Waals surface area (Å²) in [5.74, 6) is 1.19. The zero-order valence-electron chi connectivity index (χ0n) is 21.4. The Morgan fingerprint density at radius 3 is 2.24 bits per heavy atom. The van der Waals surface area contributed by atoms with Crippen LogP contribution < -0.4 is 5.32 Å². The summed E-state index contributed by atoms with van der Waals surface area (Å²) >= 11 is 0. The highest BCUT2D eigenvalue weighted by Crippen LogP contribution is 2.27. The number of benzene rings is 2. The van der Waals surface area contributed by atoms with Gasteiger partial charge in [-0.15, -0.1) is 0 Å². The van der Waals surface area contributed by atoms with Gasteiger partial charge in [-0.1, -0.05) is 36.4 Å². The Hall–Kier alpha value is -4.17. The van der Waals surface area contributed by atoms with Crippen molar-refractivity contribution in [3.8, 4) is 17.1 Å². The smallest absolute Gasteiger partial charge is 0.257 e. The average Bonchev–Trinajstić information content (AvgIpc) is 3.53. The minimum absolute atomic E-state index is 0.0446. The van der Waals surface area contributed by atoms with Gasteiger partial charge in [0.1, 0.15) is 11.5 Å². The largest absolute Gasteiger partial charge is 0.460 e. The maximum absolute atomic E-state index is 13.6. The Balaban J connectivity index is 1.27. The SMILES string of the molecule is Cc1ccc(-c2nn(-c3ccccc3)cc2C(=O)N2CCN(CC(=O)Nc3c(C)cccc3C)CC2)o1. The standard InChI is InChI=1S/C29H31N5O3/c1-20-8-7-9-21(2)27(20)30-26(35)19-32-14-16-33(17-15-32)29(36)24-18-34(23-10-5-4-6-11-23)31-28(24)25-13-12-22(3)37-25/h4-13,18H,14-17,19H2,1-3H3,(H,30,35). The number of piperazine rings is 1. The van der Waals surface area contributed by atoms with Gasteiger partial charge < -0.3 is 14.6 Å². The summed E-state index contributed by atoms with van der Waals surface area (Å²) in [7, 11) is 0. The maximum Gasteiger partial charge on any atom is 0.257 e. The van der Waals surface area contributed by atoms with Gasteiger partial charge in [0.25, 0.3) is 5.91 Å². The number of rotatable bonds is 6. The number of anilines is 1. The molecule has 1 fully saturated rings. The monoisotopic (exact) mass is 497 g/mol. The minimum atomic E-state index is -0.0918. The van der Waals surface area contributed by atoms with Gasteiger partial charge in [-0.25, -0.2) is 4.68 Å². The molecule has 2 amide bonds. The van der Waals surface area contributed by atoms with Crippen molar-refractivity contribution < 1.29 is 14.0 Å². The minimum Gasteiger partial charge on any atom is -0.460 e. The quantitative estimate of drug-likeness (QED) is 0.425. The highest BCUT2D eigenvalue weighted by Gasteiger charge is 2.28. The van der Waals surface area contributed by atoms with Crippen LogP contribution in [0, 0.1) is 20.8 Å². The first-order chi connectivity index (χ1) is 17.9. The fourth-order valence-corrected chi connectivity index (χ4v) is 4.66. The molecule has 0 spiro atoms. The van der Waals surface area contributed by atoms with Crippen molar-refractivity contribution in [2.24, 2.45) is 0 Å². The second-order valence-corrected chi connectivity index (χ2v) is 9.47. The fourth-order valence-electron chi connectivity index (χ4n) is 4.66. The number of aromatic nitrogens is 2. The predicted molar refractivity (Wildman–Crippen MR) is 143 cm³/mol. The summed E-state index contributed by atoms with van der Waals surface area (Å²) in [6.45, 7) is 8.44. The molecule has 0 bridgehead atoms. The number of para-hydroxylation sites is 2. The average molecular weight is 498 g/mol. The van der Waals surface area contributed by atoms with Gasteiger partial charge in [-0.2, -0.15) is 5.10 Å². The zero-order valence-corrected chi connectivity index (χ0v) is 21.4. The molecule has 5 rings (SSSR count).